The van der Waals surface area contributed by atoms with E-state index >= 15 is 0 Å². The molecule has 0 fully saturated rings. The van der Waals surface area contributed by atoms with E-state index < -0.39 is 0 Å². The summed E-state index contributed by atoms with van der Waals surface area (Å²) in [4.78, 5) is 13.5. The van der Waals surface area contributed by atoms with E-state index in [1.165, 1.54) is 34.5 Å². The summed E-state index contributed by atoms with van der Waals surface area (Å²) in [5, 5.41) is 11.5. The van der Waals surface area contributed by atoms with Gasteiger partial charge in [0.25, 0.3) is 0 Å². The third-order valence-electron chi connectivity index (χ3n) is 4.54. The van der Waals surface area contributed by atoms with Crippen molar-refractivity contribution in [2.75, 3.05) is 0 Å². The molecule has 2 nitrogen and oxygen atoms in total. The van der Waals surface area contributed by atoms with Gasteiger partial charge in [0.1, 0.15) is 0 Å². The molecule has 2 aromatic carbocycles. The molecule has 148 valence electrons. The molecule has 2 rings (SSSR count). The van der Waals surface area contributed by atoms with Crippen molar-refractivity contribution >= 4 is 34.4 Å². The number of unbranched alkanes of at least 4 members (excludes halogenated alkanes) is 3. The number of ketones is 1. The van der Waals surface area contributed by atoms with E-state index in [1.54, 1.807) is 6.92 Å². The topological polar surface area (TPSA) is 37.3 Å². The van der Waals surface area contributed by atoms with Gasteiger partial charge >= 0.3 is 0 Å². The number of fused-ring (bicyclic) bond motifs is 1. The van der Waals surface area contributed by atoms with E-state index in [0.717, 1.165) is 36.2 Å². The van der Waals surface area contributed by atoms with Crippen molar-refractivity contribution in [3.8, 4) is 0 Å². The Morgan fingerprint density at radius 1 is 1.00 bits per heavy atom. The van der Waals surface area contributed by atoms with Crippen molar-refractivity contribution in [3.63, 3.8) is 0 Å². The molecule has 0 radical (unpaired) electrons. The summed E-state index contributed by atoms with van der Waals surface area (Å²) in [6.07, 6.45) is 8.19. The normalized spacial score (nSPS) is 11.6. The van der Waals surface area contributed by atoms with Crippen LogP contribution in [0, 0.1) is 0 Å². The molecular formula is C25H30O2S. The first-order valence-electron chi connectivity index (χ1n) is 9.80. The molecule has 1 N–H and O–H groups in total. The van der Waals surface area contributed by atoms with Crippen molar-refractivity contribution in [2.24, 2.45) is 0 Å². The number of carbonyl (C=O) groups excluding carboxylic acids is 1. The first-order chi connectivity index (χ1) is 13.3. The maximum atomic E-state index is 11.8. The Balaban J connectivity index is 2.02. The molecule has 0 spiro atoms. The SMILES string of the molecule is C=C(O)CCCCCCc1ccc2cc(/C=C(\SC(=C)C)C(C)=O)ccc2c1. The van der Waals surface area contributed by atoms with Crippen LogP contribution in [0.2, 0.25) is 0 Å². The van der Waals surface area contributed by atoms with Crippen LogP contribution >= 0.6 is 11.8 Å². The maximum Gasteiger partial charge on any atom is 0.166 e. The molecule has 0 saturated heterocycles. The molecule has 2 aromatic rings. The van der Waals surface area contributed by atoms with Crippen LogP contribution in [0.1, 0.15) is 57.1 Å². The second kappa shape index (κ2) is 10.9. The Kier molecular flexibility index (Phi) is 8.59. The first kappa shape index (κ1) is 22.0. The minimum Gasteiger partial charge on any atom is -0.513 e. The number of Topliss-reactive ketones (excluding diaryl/α,β-unsaturated/α-hetero) is 1. The number of thioether (sulfide) groups is 1. The molecule has 0 amide bonds. The average molecular weight is 395 g/mol. The quantitative estimate of drug-likeness (QED) is 0.242. The minimum absolute atomic E-state index is 0.0618. The largest absolute Gasteiger partial charge is 0.513 e. The van der Waals surface area contributed by atoms with Gasteiger partial charge in [0.05, 0.1) is 10.7 Å². The molecule has 0 saturated carbocycles. The molecule has 28 heavy (non-hydrogen) atoms. The predicted octanol–water partition coefficient (Wildman–Crippen LogP) is 7.60. The van der Waals surface area contributed by atoms with Crippen LogP contribution in [0.15, 0.2) is 65.1 Å². The molecule has 0 bridgehead atoms. The lowest BCUT2D eigenvalue weighted by Gasteiger charge is -2.07. The lowest BCUT2D eigenvalue weighted by Crippen LogP contribution is -1.92. The zero-order chi connectivity index (χ0) is 20.5. The van der Waals surface area contributed by atoms with E-state index in [9.17, 15) is 4.79 Å². The van der Waals surface area contributed by atoms with Gasteiger partial charge in [-0.2, -0.15) is 0 Å². The summed E-state index contributed by atoms with van der Waals surface area (Å²) < 4.78 is 0. The highest BCUT2D eigenvalue weighted by Gasteiger charge is 2.06. The van der Waals surface area contributed by atoms with Gasteiger partial charge in [-0.25, -0.2) is 0 Å². The number of aliphatic hydroxyl groups is 1. The summed E-state index contributed by atoms with van der Waals surface area (Å²) in [5.74, 6) is 0.351. The maximum absolute atomic E-state index is 11.8. The third-order valence-corrected chi connectivity index (χ3v) is 5.51. The average Bonchev–Trinajstić information content (AvgIpc) is 2.63. The van der Waals surface area contributed by atoms with Crippen LogP contribution in [-0.4, -0.2) is 10.9 Å². The fourth-order valence-electron chi connectivity index (χ4n) is 3.11. The zero-order valence-corrected chi connectivity index (χ0v) is 17.8. The Hall–Kier alpha value is -2.26. The number of aryl methyl sites for hydroxylation is 1. The summed E-state index contributed by atoms with van der Waals surface area (Å²) in [6.45, 7) is 10.9. The minimum atomic E-state index is 0.0618. The Bertz CT molecular complexity index is 893. The van der Waals surface area contributed by atoms with Crippen molar-refractivity contribution < 1.29 is 9.90 Å². The number of allylic oxidation sites excluding steroid dienone is 3. The Morgan fingerprint density at radius 3 is 2.36 bits per heavy atom. The molecular weight excluding hydrogens is 364 g/mol. The molecule has 0 aliphatic heterocycles. The van der Waals surface area contributed by atoms with Crippen LogP contribution in [0.25, 0.3) is 16.8 Å². The van der Waals surface area contributed by atoms with Gasteiger partial charge in [0.15, 0.2) is 5.78 Å². The van der Waals surface area contributed by atoms with E-state index in [1.807, 2.05) is 13.0 Å². The second-order valence-electron chi connectivity index (χ2n) is 7.29. The van der Waals surface area contributed by atoms with Gasteiger partial charge in [-0.3, -0.25) is 4.79 Å². The molecule has 0 unspecified atom stereocenters. The molecule has 0 atom stereocenters. The molecule has 0 heterocycles. The predicted molar refractivity (Wildman–Crippen MR) is 124 cm³/mol. The monoisotopic (exact) mass is 394 g/mol. The fourth-order valence-corrected chi connectivity index (χ4v) is 3.83. The molecule has 0 aromatic heterocycles. The number of aliphatic hydroxyl groups excluding tert-OH is 1. The van der Waals surface area contributed by atoms with Crippen LogP contribution < -0.4 is 0 Å². The van der Waals surface area contributed by atoms with Crippen molar-refractivity contribution in [1.82, 2.24) is 0 Å². The molecule has 3 heteroatoms. The first-order valence-corrected chi connectivity index (χ1v) is 10.6. The number of benzene rings is 2. The highest BCUT2D eigenvalue weighted by atomic mass is 32.2. The lowest BCUT2D eigenvalue weighted by molar-refractivity contribution is -0.112. The van der Waals surface area contributed by atoms with E-state index in [0.29, 0.717) is 11.3 Å². The van der Waals surface area contributed by atoms with E-state index in [-0.39, 0.29) is 11.5 Å². The third kappa shape index (κ3) is 7.40. The van der Waals surface area contributed by atoms with E-state index in [4.69, 9.17) is 5.11 Å². The standard InChI is InChI=1S/C25H30O2S/c1-18(2)28-25(20(4)27)17-22-12-14-23-15-21(11-13-24(23)16-22)10-8-6-5-7-9-19(3)26/h11-17,26H,1,3,5-10H2,2,4H3/b25-17-. The van der Waals surface area contributed by atoms with Crippen molar-refractivity contribution in [3.05, 3.63) is 76.3 Å². The molecule has 0 aliphatic rings. The van der Waals surface area contributed by atoms with Gasteiger partial charge in [-0.15, -0.1) is 0 Å². The summed E-state index contributed by atoms with van der Waals surface area (Å²) in [6, 6.07) is 12.9. The Morgan fingerprint density at radius 2 is 1.68 bits per heavy atom. The number of rotatable bonds is 11. The van der Waals surface area contributed by atoms with Crippen LogP contribution in [0.3, 0.4) is 0 Å². The zero-order valence-electron chi connectivity index (χ0n) is 17.0. The van der Waals surface area contributed by atoms with Gasteiger partial charge < -0.3 is 5.11 Å². The lowest BCUT2D eigenvalue weighted by atomic mass is 10.0. The summed E-state index contributed by atoms with van der Waals surface area (Å²) in [7, 11) is 0. The fraction of sp³-hybridized carbons (Fsp3) is 0.320. The highest BCUT2D eigenvalue weighted by molar-refractivity contribution is 8.07. The van der Waals surface area contributed by atoms with Crippen molar-refractivity contribution in [1.29, 1.82) is 0 Å². The number of carbonyl (C=O) groups is 1. The van der Waals surface area contributed by atoms with Crippen molar-refractivity contribution in [2.45, 2.75) is 52.4 Å². The Labute approximate surface area is 173 Å². The summed E-state index contributed by atoms with van der Waals surface area (Å²) in [5.41, 5.74) is 2.38. The number of hydrogen-bond acceptors (Lipinski definition) is 3. The van der Waals surface area contributed by atoms with Gasteiger partial charge in [-0.1, -0.05) is 68.1 Å². The smallest absolute Gasteiger partial charge is 0.166 e. The van der Waals surface area contributed by atoms with Gasteiger partial charge in [0, 0.05) is 6.42 Å². The highest BCUT2D eigenvalue weighted by Crippen LogP contribution is 2.28. The van der Waals surface area contributed by atoms with Crippen LogP contribution in [-0.2, 0) is 11.2 Å². The van der Waals surface area contributed by atoms with Crippen LogP contribution in [0.4, 0.5) is 0 Å². The van der Waals surface area contributed by atoms with E-state index in [2.05, 4.69) is 49.6 Å². The summed E-state index contributed by atoms with van der Waals surface area (Å²) >= 11 is 1.42. The van der Waals surface area contributed by atoms with Gasteiger partial charge in [0.2, 0.25) is 0 Å². The van der Waals surface area contributed by atoms with Gasteiger partial charge in [-0.05, 0) is 72.1 Å². The van der Waals surface area contributed by atoms with Crippen LogP contribution in [0.5, 0.6) is 0 Å². The molecule has 0 aliphatic carbocycles. The number of hydrogen-bond donors (Lipinski definition) is 1. The second-order valence-corrected chi connectivity index (χ2v) is 8.63.